The standard InChI is InChI=1S/C16H11BrF4N2O5/c1-22-11(16(19,20)21)6-12(24)23(14(22)27)9-5-10(7(17)4-8(9)18)28-15(2-3-15)13(25)26/h4-6H,2-3H2,1H3,(H,25,26). The first-order chi connectivity index (χ1) is 12.9. The Morgan fingerprint density at radius 3 is 2.36 bits per heavy atom. The Morgan fingerprint density at radius 2 is 1.86 bits per heavy atom. The zero-order valence-corrected chi connectivity index (χ0v) is 15.6. The summed E-state index contributed by atoms with van der Waals surface area (Å²) in [6, 6.07) is 1.88. The van der Waals surface area contributed by atoms with E-state index in [9.17, 15) is 37.1 Å². The highest BCUT2D eigenvalue weighted by Crippen LogP contribution is 2.43. The summed E-state index contributed by atoms with van der Waals surface area (Å²) in [5.74, 6) is -2.52. The lowest BCUT2D eigenvalue weighted by Gasteiger charge is -2.18. The van der Waals surface area contributed by atoms with E-state index in [0.29, 0.717) is 0 Å². The molecule has 0 saturated heterocycles. The van der Waals surface area contributed by atoms with Gasteiger partial charge in [-0.2, -0.15) is 13.2 Å². The van der Waals surface area contributed by atoms with Gasteiger partial charge in [-0.25, -0.2) is 18.5 Å². The van der Waals surface area contributed by atoms with Crippen LogP contribution in [0.2, 0.25) is 0 Å². The van der Waals surface area contributed by atoms with Crippen molar-refractivity contribution in [2.75, 3.05) is 0 Å². The van der Waals surface area contributed by atoms with Crippen molar-refractivity contribution in [1.82, 2.24) is 9.13 Å². The Labute approximate surface area is 161 Å². The van der Waals surface area contributed by atoms with Gasteiger partial charge in [-0.3, -0.25) is 9.36 Å². The van der Waals surface area contributed by atoms with Gasteiger partial charge in [0.1, 0.15) is 17.3 Å². The number of benzene rings is 1. The number of aromatic nitrogens is 2. The van der Waals surface area contributed by atoms with E-state index in [2.05, 4.69) is 15.9 Å². The molecule has 0 atom stereocenters. The quantitative estimate of drug-likeness (QED) is 0.699. The molecule has 1 aliphatic carbocycles. The maximum atomic E-state index is 14.4. The van der Waals surface area contributed by atoms with E-state index >= 15 is 0 Å². The number of halogens is 5. The highest BCUT2D eigenvalue weighted by molar-refractivity contribution is 9.10. The third-order valence-corrected chi connectivity index (χ3v) is 4.87. The first-order valence-electron chi connectivity index (χ1n) is 7.69. The summed E-state index contributed by atoms with van der Waals surface area (Å²) in [4.78, 5) is 35.8. The van der Waals surface area contributed by atoms with Gasteiger partial charge >= 0.3 is 17.8 Å². The molecule has 12 heteroatoms. The minimum absolute atomic E-state index is 0.0121. The second-order valence-corrected chi connectivity index (χ2v) is 7.03. The van der Waals surface area contributed by atoms with Crippen LogP contribution in [-0.2, 0) is 18.0 Å². The van der Waals surface area contributed by atoms with Crippen LogP contribution in [0.15, 0.2) is 32.3 Å². The molecule has 7 nitrogen and oxygen atoms in total. The maximum absolute atomic E-state index is 14.4. The Morgan fingerprint density at radius 1 is 1.25 bits per heavy atom. The van der Waals surface area contributed by atoms with Crippen molar-refractivity contribution in [2.45, 2.75) is 24.6 Å². The summed E-state index contributed by atoms with van der Waals surface area (Å²) < 4.78 is 59.0. The fourth-order valence-corrected chi connectivity index (χ4v) is 2.97. The zero-order chi connectivity index (χ0) is 21.0. The van der Waals surface area contributed by atoms with Gasteiger partial charge in [-0.05, 0) is 22.0 Å². The second kappa shape index (κ2) is 6.47. The van der Waals surface area contributed by atoms with Gasteiger partial charge in [0, 0.05) is 32.0 Å². The van der Waals surface area contributed by atoms with Crippen LogP contribution in [0.4, 0.5) is 17.6 Å². The predicted octanol–water partition coefficient (Wildman–Crippen LogP) is 2.45. The molecule has 0 amide bonds. The van der Waals surface area contributed by atoms with E-state index in [1.54, 1.807) is 0 Å². The third kappa shape index (κ3) is 3.32. The molecular formula is C16H11BrF4N2O5. The molecule has 1 saturated carbocycles. The molecule has 3 rings (SSSR count). The number of alkyl halides is 3. The summed E-state index contributed by atoms with van der Waals surface area (Å²) in [7, 11) is 0.791. The van der Waals surface area contributed by atoms with Crippen LogP contribution in [-0.4, -0.2) is 25.8 Å². The van der Waals surface area contributed by atoms with Crippen molar-refractivity contribution in [2.24, 2.45) is 7.05 Å². The number of hydrogen-bond acceptors (Lipinski definition) is 4. The van der Waals surface area contributed by atoms with E-state index in [1.807, 2.05) is 0 Å². The van der Waals surface area contributed by atoms with E-state index in [1.165, 1.54) is 0 Å². The van der Waals surface area contributed by atoms with Crippen molar-refractivity contribution in [3.8, 4) is 11.4 Å². The lowest BCUT2D eigenvalue weighted by molar-refractivity contribution is -0.147. The molecule has 0 bridgehead atoms. The number of aliphatic carboxylic acids is 1. The van der Waals surface area contributed by atoms with Crippen LogP contribution in [0.1, 0.15) is 18.5 Å². The number of carbonyl (C=O) groups is 1. The van der Waals surface area contributed by atoms with E-state index in [4.69, 9.17) is 4.74 Å². The largest absolute Gasteiger partial charge is 0.478 e. The van der Waals surface area contributed by atoms with Crippen molar-refractivity contribution >= 4 is 21.9 Å². The molecular weight excluding hydrogens is 456 g/mol. The van der Waals surface area contributed by atoms with E-state index < -0.39 is 46.2 Å². The average molecular weight is 467 g/mol. The SMILES string of the molecule is Cn1c(C(F)(F)F)cc(=O)n(-c2cc(OC3(C(=O)O)CC3)c(Br)cc2F)c1=O. The normalized spacial score (nSPS) is 15.4. The molecule has 0 radical (unpaired) electrons. The van der Waals surface area contributed by atoms with E-state index in [0.717, 1.165) is 19.2 Å². The molecule has 0 spiro atoms. The van der Waals surface area contributed by atoms with Crippen molar-refractivity contribution in [1.29, 1.82) is 0 Å². The molecule has 1 fully saturated rings. The third-order valence-electron chi connectivity index (χ3n) is 4.25. The summed E-state index contributed by atoms with van der Waals surface area (Å²) in [6.07, 6.45) is -4.56. The molecule has 1 heterocycles. The Bertz CT molecular complexity index is 1100. The Kier molecular flexibility index (Phi) is 4.64. The van der Waals surface area contributed by atoms with Crippen LogP contribution in [0, 0.1) is 5.82 Å². The van der Waals surface area contributed by atoms with Gasteiger partial charge in [0.05, 0.1) is 10.2 Å². The second-order valence-electron chi connectivity index (χ2n) is 6.18. The van der Waals surface area contributed by atoms with Crippen LogP contribution in [0.25, 0.3) is 5.69 Å². The van der Waals surface area contributed by atoms with Gasteiger partial charge in [0.2, 0.25) is 5.60 Å². The lowest BCUT2D eigenvalue weighted by Crippen LogP contribution is -2.41. The summed E-state index contributed by atoms with van der Waals surface area (Å²) in [5.41, 5.74) is -6.49. The van der Waals surface area contributed by atoms with Crippen molar-refractivity contribution in [3.05, 3.63) is 55.0 Å². The molecule has 1 N–H and O–H groups in total. The van der Waals surface area contributed by atoms with Gasteiger partial charge in [-0.15, -0.1) is 0 Å². The van der Waals surface area contributed by atoms with Gasteiger partial charge in [-0.1, -0.05) is 0 Å². The van der Waals surface area contributed by atoms with Crippen molar-refractivity contribution < 1.29 is 32.2 Å². The van der Waals surface area contributed by atoms with Gasteiger partial charge < -0.3 is 9.84 Å². The number of nitrogens with zero attached hydrogens (tertiary/aromatic N) is 2. The molecule has 0 unspecified atom stereocenters. The average Bonchev–Trinajstić information content (AvgIpc) is 3.35. The van der Waals surface area contributed by atoms with Crippen LogP contribution in [0.5, 0.6) is 5.75 Å². The fraction of sp³-hybridized carbons (Fsp3) is 0.312. The highest BCUT2D eigenvalue weighted by atomic mass is 79.9. The number of hydrogen-bond donors (Lipinski definition) is 1. The summed E-state index contributed by atoms with van der Waals surface area (Å²) >= 11 is 3.00. The van der Waals surface area contributed by atoms with Crippen molar-refractivity contribution in [3.63, 3.8) is 0 Å². The predicted molar refractivity (Wildman–Crippen MR) is 90.2 cm³/mol. The smallest absolute Gasteiger partial charge is 0.431 e. The summed E-state index contributed by atoms with van der Waals surface area (Å²) in [5, 5.41) is 9.20. The molecule has 1 aromatic carbocycles. The van der Waals surface area contributed by atoms with Crippen LogP contribution in [0.3, 0.4) is 0 Å². The maximum Gasteiger partial charge on any atom is 0.431 e. The molecule has 1 aromatic heterocycles. The van der Waals surface area contributed by atoms with Crippen LogP contribution < -0.4 is 16.0 Å². The molecule has 2 aromatic rings. The number of carboxylic acid groups (broad SMARTS) is 1. The Balaban J connectivity index is 2.19. The fourth-order valence-electron chi connectivity index (χ4n) is 2.57. The zero-order valence-electron chi connectivity index (χ0n) is 14.0. The summed E-state index contributed by atoms with van der Waals surface area (Å²) in [6.45, 7) is 0. The molecule has 1 aliphatic rings. The molecule has 28 heavy (non-hydrogen) atoms. The molecule has 0 aliphatic heterocycles. The van der Waals surface area contributed by atoms with E-state index in [-0.39, 0.29) is 38.3 Å². The number of rotatable bonds is 4. The van der Waals surface area contributed by atoms with Gasteiger partial charge in [0.25, 0.3) is 5.56 Å². The van der Waals surface area contributed by atoms with Crippen LogP contribution >= 0.6 is 15.9 Å². The lowest BCUT2D eigenvalue weighted by atomic mass is 10.2. The monoisotopic (exact) mass is 466 g/mol. The molecule has 150 valence electrons. The number of carboxylic acids is 1. The number of ether oxygens (including phenoxy) is 1. The minimum atomic E-state index is -4.96. The topological polar surface area (TPSA) is 90.5 Å². The van der Waals surface area contributed by atoms with Gasteiger partial charge in [0.15, 0.2) is 0 Å². The Hall–Kier alpha value is -2.63. The first-order valence-corrected chi connectivity index (χ1v) is 8.49. The first kappa shape index (κ1) is 20.1. The minimum Gasteiger partial charge on any atom is -0.478 e. The highest BCUT2D eigenvalue weighted by Gasteiger charge is 2.53.